The molecule has 0 amide bonds. The molecule has 1 rings (SSSR count). The van der Waals surface area contributed by atoms with Gasteiger partial charge >= 0.3 is 0 Å². The van der Waals surface area contributed by atoms with Crippen LogP contribution in [0.5, 0.6) is 11.5 Å². The maximum Gasteiger partial charge on any atom is 0.165 e. The molecule has 0 fully saturated rings. The van der Waals surface area contributed by atoms with Crippen LogP contribution in [-0.4, -0.2) is 19.8 Å². The molecular weight excluding hydrogens is 262 g/mol. The third-order valence-corrected chi connectivity index (χ3v) is 3.03. The van der Waals surface area contributed by atoms with E-state index in [2.05, 4.69) is 31.8 Å². The predicted octanol–water partition coefficient (Wildman–Crippen LogP) is 4.18. The van der Waals surface area contributed by atoms with Crippen LogP contribution in [0.25, 0.3) is 0 Å². The van der Waals surface area contributed by atoms with Crippen molar-refractivity contribution in [1.82, 2.24) is 5.32 Å². The summed E-state index contributed by atoms with van der Waals surface area (Å²) in [5, 5.41) is 3.46. The van der Waals surface area contributed by atoms with Crippen molar-refractivity contribution in [1.29, 1.82) is 0 Å². The normalized spacial score (nSPS) is 10.7. The van der Waals surface area contributed by atoms with Crippen LogP contribution in [0.4, 0.5) is 0 Å². The molecule has 0 aliphatic rings. The number of benzene rings is 1. The van der Waals surface area contributed by atoms with Crippen LogP contribution in [0.1, 0.15) is 39.2 Å². The van der Waals surface area contributed by atoms with E-state index in [-0.39, 0.29) is 0 Å². The predicted molar refractivity (Wildman–Crippen MR) is 89.1 cm³/mol. The van der Waals surface area contributed by atoms with Gasteiger partial charge in [-0.3, -0.25) is 0 Å². The summed E-state index contributed by atoms with van der Waals surface area (Å²) >= 11 is 0. The van der Waals surface area contributed by atoms with Gasteiger partial charge in [0, 0.05) is 12.1 Å². The van der Waals surface area contributed by atoms with E-state index in [4.69, 9.17) is 9.47 Å². The second-order valence-electron chi connectivity index (χ2n) is 5.48. The third kappa shape index (κ3) is 6.67. The molecule has 0 aliphatic carbocycles. The molecule has 0 saturated heterocycles. The molecular formula is C18H29NO2. The summed E-state index contributed by atoms with van der Waals surface area (Å²) in [6.45, 7) is 13.3. The number of para-hydroxylation sites is 1. The van der Waals surface area contributed by atoms with Gasteiger partial charge in [0.1, 0.15) is 0 Å². The lowest BCUT2D eigenvalue weighted by molar-refractivity contribution is 0.271. The number of ether oxygens (including phenoxy) is 2. The highest BCUT2D eigenvalue weighted by atomic mass is 16.5. The maximum atomic E-state index is 5.97. The zero-order chi connectivity index (χ0) is 15.5. The van der Waals surface area contributed by atoms with Crippen LogP contribution in [0.15, 0.2) is 30.9 Å². The van der Waals surface area contributed by atoms with Crippen LogP contribution >= 0.6 is 0 Å². The van der Waals surface area contributed by atoms with Crippen LogP contribution in [0.2, 0.25) is 0 Å². The van der Waals surface area contributed by atoms with Crippen molar-refractivity contribution in [2.45, 2.75) is 40.2 Å². The van der Waals surface area contributed by atoms with E-state index >= 15 is 0 Å². The Hall–Kier alpha value is -1.48. The number of nitrogens with one attached hydrogen (secondary N) is 1. The quantitative estimate of drug-likeness (QED) is 0.490. The molecule has 0 heterocycles. The van der Waals surface area contributed by atoms with Gasteiger partial charge in [-0.25, -0.2) is 0 Å². The lowest BCUT2D eigenvalue weighted by atomic mass is 10.1. The smallest absolute Gasteiger partial charge is 0.165 e. The molecule has 0 aliphatic heterocycles. The zero-order valence-corrected chi connectivity index (χ0v) is 13.7. The van der Waals surface area contributed by atoms with Gasteiger partial charge < -0.3 is 14.8 Å². The van der Waals surface area contributed by atoms with Crippen molar-refractivity contribution in [3.05, 3.63) is 36.4 Å². The number of unbranched alkanes of at least 4 members (excludes halogenated alkanes) is 1. The zero-order valence-electron chi connectivity index (χ0n) is 13.7. The van der Waals surface area contributed by atoms with Crippen LogP contribution in [0, 0.1) is 5.92 Å². The third-order valence-electron chi connectivity index (χ3n) is 3.03. The molecule has 21 heavy (non-hydrogen) atoms. The Bertz CT molecular complexity index is 416. The molecule has 118 valence electrons. The summed E-state index contributed by atoms with van der Waals surface area (Å²) in [6, 6.07) is 6.09. The fourth-order valence-corrected chi connectivity index (χ4v) is 2.03. The van der Waals surface area contributed by atoms with E-state index < -0.39 is 0 Å². The van der Waals surface area contributed by atoms with Gasteiger partial charge in [-0.15, -0.1) is 6.58 Å². The fourth-order valence-electron chi connectivity index (χ4n) is 2.03. The molecule has 0 aromatic heterocycles. The minimum Gasteiger partial charge on any atom is -0.490 e. The summed E-state index contributed by atoms with van der Waals surface area (Å²) in [6.07, 6.45) is 3.86. The lowest BCUT2D eigenvalue weighted by Gasteiger charge is -2.16. The van der Waals surface area contributed by atoms with E-state index in [1.165, 1.54) is 0 Å². The number of hydrogen-bond donors (Lipinski definition) is 1. The number of hydrogen-bond acceptors (Lipinski definition) is 3. The molecule has 1 aromatic carbocycles. The summed E-state index contributed by atoms with van der Waals surface area (Å²) < 4.78 is 11.7. The van der Waals surface area contributed by atoms with Crippen molar-refractivity contribution in [3.63, 3.8) is 0 Å². The first-order valence-electron chi connectivity index (χ1n) is 7.88. The molecule has 0 bridgehead atoms. The average molecular weight is 291 g/mol. The Labute approximate surface area is 129 Å². The molecule has 1 N–H and O–H groups in total. The van der Waals surface area contributed by atoms with Crippen LogP contribution in [0.3, 0.4) is 0 Å². The molecule has 3 nitrogen and oxygen atoms in total. The molecule has 0 saturated carbocycles. The van der Waals surface area contributed by atoms with Gasteiger partial charge in [-0.2, -0.15) is 0 Å². The molecule has 3 heteroatoms. The Morgan fingerprint density at radius 1 is 1.29 bits per heavy atom. The van der Waals surface area contributed by atoms with Crippen molar-refractivity contribution in [3.8, 4) is 11.5 Å². The van der Waals surface area contributed by atoms with Gasteiger partial charge in [0.2, 0.25) is 0 Å². The average Bonchev–Trinajstić information content (AvgIpc) is 2.45. The van der Waals surface area contributed by atoms with Crippen LogP contribution < -0.4 is 14.8 Å². The number of allylic oxidation sites excluding steroid dienone is 1. The summed E-state index contributed by atoms with van der Waals surface area (Å²) in [5.74, 6) is 2.34. The Balaban J connectivity index is 2.73. The number of rotatable bonds is 11. The van der Waals surface area contributed by atoms with Gasteiger partial charge in [-0.05, 0) is 38.3 Å². The standard InChI is InChI=1S/C18H29NO2/c1-5-7-8-12-21-18-16(14-19-13-15(3)4)10-9-11-17(18)20-6-2/h5,9-11,15,19H,1,6-8,12-14H2,2-4H3. The maximum absolute atomic E-state index is 5.97. The minimum absolute atomic E-state index is 0.636. The highest BCUT2D eigenvalue weighted by molar-refractivity contribution is 5.46. The second kappa shape index (κ2) is 10.3. The largest absolute Gasteiger partial charge is 0.490 e. The highest BCUT2D eigenvalue weighted by Crippen LogP contribution is 2.31. The van der Waals surface area contributed by atoms with E-state index in [0.29, 0.717) is 19.1 Å². The van der Waals surface area contributed by atoms with E-state index in [0.717, 1.165) is 43.0 Å². The Morgan fingerprint density at radius 2 is 2.10 bits per heavy atom. The van der Waals surface area contributed by atoms with Crippen molar-refractivity contribution in [2.24, 2.45) is 5.92 Å². The first-order valence-corrected chi connectivity index (χ1v) is 7.88. The lowest BCUT2D eigenvalue weighted by Crippen LogP contribution is -2.19. The van der Waals surface area contributed by atoms with Gasteiger partial charge in [0.15, 0.2) is 11.5 Å². The van der Waals surface area contributed by atoms with E-state index in [1.54, 1.807) is 0 Å². The minimum atomic E-state index is 0.636. The van der Waals surface area contributed by atoms with E-state index in [1.807, 2.05) is 25.1 Å². The first kappa shape index (κ1) is 17.6. The highest BCUT2D eigenvalue weighted by Gasteiger charge is 2.11. The molecule has 0 radical (unpaired) electrons. The molecule has 0 atom stereocenters. The Kier molecular flexibility index (Phi) is 8.60. The fraction of sp³-hybridized carbons (Fsp3) is 0.556. The monoisotopic (exact) mass is 291 g/mol. The Morgan fingerprint density at radius 3 is 2.76 bits per heavy atom. The summed E-state index contributed by atoms with van der Waals surface area (Å²) in [5.41, 5.74) is 1.15. The van der Waals surface area contributed by atoms with Crippen molar-refractivity contribution < 1.29 is 9.47 Å². The first-order chi connectivity index (χ1) is 10.2. The van der Waals surface area contributed by atoms with Gasteiger partial charge in [-0.1, -0.05) is 32.1 Å². The molecule has 0 unspecified atom stereocenters. The summed E-state index contributed by atoms with van der Waals surface area (Å²) in [4.78, 5) is 0. The SMILES string of the molecule is C=CCCCOc1c(CNCC(C)C)cccc1OCC. The van der Waals surface area contributed by atoms with Crippen molar-refractivity contribution >= 4 is 0 Å². The molecule has 0 spiro atoms. The second-order valence-corrected chi connectivity index (χ2v) is 5.48. The van der Waals surface area contributed by atoms with Gasteiger partial charge in [0.25, 0.3) is 0 Å². The van der Waals surface area contributed by atoms with Gasteiger partial charge in [0.05, 0.1) is 13.2 Å². The van der Waals surface area contributed by atoms with Crippen molar-refractivity contribution in [2.75, 3.05) is 19.8 Å². The molecule has 1 aromatic rings. The topological polar surface area (TPSA) is 30.5 Å². The summed E-state index contributed by atoms with van der Waals surface area (Å²) in [7, 11) is 0. The van der Waals surface area contributed by atoms with E-state index in [9.17, 15) is 0 Å². The van der Waals surface area contributed by atoms with Crippen LogP contribution in [-0.2, 0) is 6.54 Å².